The summed E-state index contributed by atoms with van der Waals surface area (Å²) in [6.07, 6.45) is 5.45. The number of carbonyl (C=O) groups is 2. The zero-order valence-electron chi connectivity index (χ0n) is 18.7. The quantitative estimate of drug-likeness (QED) is 0.781. The van der Waals surface area contributed by atoms with Crippen LogP contribution in [0.25, 0.3) is 11.0 Å². The van der Waals surface area contributed by atoms with E-state index >= 15 is 0 Å². The lowest BCUT2D eigenvalue weighted by Gasteiger charge is -2.40. The minimum absolute atomic E-state index is 0.0356. The van der Waals surface area contributed by atoms with Crippen LogP contribution in [0.15, 0.2) is 18.2 Å². The minimum atomic E-state index is -0.129. The van der Waals surface area contributed by atoms with Crippen LogP contribution < -0.4 is 0 Å². The van der Waals surface area contributed by atoms with E-state index < -0.39 is 0 Å². The van der Waals surface area contributed by atoms with Crippen LogP contribution in [-0.2, 0) is 4.74 Å². The predicted octanol–water partition coefficient (Wildman–Crippen LogP) is 2.78. The molecule has 8 heteroatoms. The number of likely N-dealkylation sites (tertiary alicyclic amines) is 2. The van der Waals surface area contributed by atoms with E-state index in [0.717, 1.165) is 35.1 Å². The van der Waals surface area contributed by atoms with E-state index in [1.54, 1.807) is 6.07 Å². The molecule has 5 aliphatic carbocycles. The van der Waals surface area contributed by atoms with Crippen LogP contribution in [-0.4, -0.2) is 70.0 Å². The number of benzene rings is 1. The fraction of sp³-hybridized carbons (Fsp3) is 0.680. The lowest BCUT2D eigenvalue weighted by atomic mass is 9.65. The van der Waals surface area contributed by atoms with Crippen LogP contribution in [0.4, 0.5) is 4.79 Å². The summed E-state index contributed by atoms with van der Waals surface area (Å²) >= 11 is 0. The number of carbonyl (C=O) groups excluding carboxylic acids is 2. The minimum Gasteiger partial charge on any atom is -0.449 e. The Bertz CT molecular complexity index is 1160. The Morgan fingerprint density at radius 3 is 2.67 bits per heavy atom. The number of fused-ring (bicyclic) bond motifs is 2. The molecular formula is C25H29N5O3. The molecule has 2 amide bonds. The summed E-state index contributed by atoms with van der Waals surface area (Å²) in [6.45, 7) is 3.44. The van der Waals surface area contributed by atoms with Gasteiger partial charge in [-0.3, -0.25) is 9.89 Å². The maximum absolute atomic E-state index is 13.0. The van der Waals surface area contributed by atoms with Crippen molar-refractivity contribution in [2.24, 2.45) is 46.8 Å². The molecular weight excluding hydrogens is 418 g/mol. The molecule has 3 heterocycles. The molecule has 8 atom stereocenters. The second-order valence-corrected chi connectivity index (χ2v) is 11.7. The number of amides is 2. The van der Waals surface area contributed by atoms with Gasteiger partial charge in [0, 0.05) is 49.0 Å². The second kappa shape index (κ2) is 6.27. The molecule has 33 heavy (non-hydrogen) atoms. The highest BCUT2D eigenvalue weighted by atomic mass is 16.6. The lowest BCUT2D eigenvalue weighted by molar-refractivity contribution is 0.0377. The summed E-state index contributed by atoms with van der Waals surface area (Å²) in [5, 5.41) is 10.6. The highest BCUT2D eigenvalue weighted by Gasteiger charge is 2.78. The number of H-pyrrole nitrogens is 1. The number of nitrogens with zero attached hydrogens (tertiary/aromatic N) is 4. The van der Waals surface area contributed by atoms with Crippen molar-refractivity contribution in [2.75, 3.05) is 32.8 Å². The van der Waals surface area contributed by atoms with Crippen molar-refractivity contribution >= 4 is 23.0 Å². The molecule has 172 valence electrons. The van der Waals surface area contributed by atoms with Gasteiger partial charge in [-0.2, -0.15) is 0 Å². The Labute approximate surface area is 192 Å². The maximum atomic E-state index is 13.0. The Morgan fingerprint density at radius 1 is 1.03 bits per heavy atom. The van der Waals surface area contributed by atoms with Crippen LogP contribution in [0.2, 0.25) is 0 Å². The zero-order chi connectivity index (χ0) is 21.9. The monoisotopic (exact) mass is 447 g/mol. The smallest absolute Gasteiger partial charge is 0.409 e. The van der Waals surface area contributed by atoms with Crippen molar-refractivity contribution in [3.05, 3.63) is 23.8 Å². The first-order chi connectivity index (χ1) is 16.1. The molecule has 6 unspecified atom stereocenters. The fourth-order valence-electron chi connectivity index (χ4n) is 9.11. The SMILES string of the molecule is O=C(OCC12C3CC4CC(C3)C1C2C4)N1C[C@@H]2CN(C(=O)c3ccc4[nH]nnc4c3)C[C@@H]2C1. The maximum Gasteiger partial charge on any atom is 0.409 e. The normalized spacial score (nSPS) is 41.6. The van der Waals surface area contributed by atoms with E-state index in [0.29, 0.717) is 61.1 Å². The molecule has 5 saturated carbocycles. The molecule has 1 N–H and O–H groups in total. The van der Waals surface area contributed by atoms with E-state index in [4.69, 9.17) is 4.74 Å². The molecule has 2 aliphatic heterocycles. The van der Waals surface area contributed by atoms with Crippen LogP contribution >= 0.6 is 0 Å². The third-order valence-electron chi connectivity index (χ3n) is 10.4. The molecule has 2 saturated heterocycles. The van der Waals surface area contributed by atoms with Crippen molar-refractivity contribution < 1.29 is 14.3 Å². The van der Waals surface area contributed by atoms with Gasteiger partial charge in [0.05, 0.1) is 12.1 Å². The number of hydrogen-bond acceptors (Lipinski definition) is 5. The fourth-order valence-corrected chi connectivity index (χ4v) is 9.11. The van der Waals surface area contributed by atoms with Crippen molar-refractivity contribution in [3.8, 4) is 0 Å². The first-order valence-electron chi connectivity index (χ1n) is 12.6. The Hall–Kier alpha value is -2.64. The topological polar surface area (TPSA) is 91.4 Å². The highest BCUT2D eigenvalue weighted by Crippen LogP contribution is 2.82. The number of aromatic amines is 1. The third-order valence-corrected chi connectivity index (χ3v) is 10.4. The molecule has 7 fully saturated rings. The number of rotatable bonds is 3. The predicted molar refractivity (Wildman–Crippen MR) is 118 cm³/mol. The molecule has 4 bridgehead atoms. The first kappa shape index (κ1) is 18.7. The number of hydrogen-bond donors (Lipinski definition) is 1. The largest absolute Gasteiger partial charge is 0.449 e. The molecule has 0 spiro atoms. The van der Waals surface area contributed by atoms with Crippen LogP contribution in [0.5, 0.6) is 0 Å². The second-order valence-electron chi connectivity index (χ2n) is 11.7. The van der Waals surface area contributed by atoms with Gasteiger partial charge in [-0.25, -0.2) is 4.79 Å². The summed E-state index contributed by atoms with van der Waals surface area (Å²) in [6, 6.07) is 5.48. The van der Waals surface area contributed by atoms with Crippen LogP contribution in [0.3, 0.4) is 0 Å². The van der Waals surface area contributed by atoms with Gasteiger partial charge in [0.25, 0.3) is 5.91 Å². The summed E-state index contributed by atoms with van der Waals surface area (Å²) in [7, 11) is 0. The molecule has 1 aromatic carbocycles. The molecule has 0 radical (unpaired) electrons. The van der Waals surface area contributed by atoms with Gasteiger partial charge in [-0.05, 0) is 73.5 Å². The van der Waals surface area contributed by atoms with E-state index in [1.165, 1.54) is 25.7 Å². The molecule has 9 rings (SSSR count). The standard InChI is InChI=1S/C25H29N5O3/c31-23(14-1-2-20-21(7-14)27-28-26-20)29-8-16-10-30(11-17(16)9-29)24(32)33-12-25-18-4-13-3-15(6-18)22(25)19(25)5-13/h1-2,7,13,15-19,22H,3-6,8-12H2,(H,26,27,28)/t13?,15?,16-,17+,18?,19?,22?,25?. The van der Waals surface area contributed by atoms with Gasteiger partial charge >= 0.3 is 6.09 Å². The third kappa shape index (κ3) is 2.47. The summed E-state index contributed by atoms with van der Waals surface area (Å²) in [4.78, 5) is 29.8. The zero-order valence-corrected chi connectivity index (χ0v) is 18.7. The summed E-state index contributed by atoms with van der Waals surface area (Å²) < 4.78 is 5.99. The van der Waals surface area contributed by atoms with E-state index in [9.17, 15) is 9.59 Å². The average Bonchev–Trinajstić information content (AvgIpc) is 3.25. The highest BCUT2D eigenvalue weighted by molar-refractivity contribution is 5.97. The Morgan fingerprint density at radius 2 is 1.85 bits per heavy atom. The summed E-state index contributed by atoms with van der Waals surface area (Å²) in [5.41, 5.74) is 2.52. The average molecular weight is 448 g/mol. The van der Waals surface area contributed by atoms with Gasteiger partial charge in [-0.1, -0.05) is 5.21 Å². The number of aromatic nitrogens is 3. The van der Waals surface area contributed by atoms with Crippen molar-refractivity contribution in [3.63, 3.8) is 0 Å². The summed E-state index contributed by atoms with van der Waals surface area (Å²) in [5.74, 6) is 5.09. The van der Waals surface area contributed by atoms with Gasteiger partial charge in [0.1, 0.15) is 5.52 Å². The van der Waals surface area contributed by atoms with Crippen molar-refractivity contribution in [1.82, 2.24) is 25.2 Å². The van der Waals surface area contributed by atoms with Gasteiger partial charge in [-0.15, -0.1) is 5.10 Å². The van der Waals surface area contributed by atoms with Crippen LogP contribution in [0.1, 0.15) is 36.0 Å². The van der Waals surface area contributed by atoms with Gasteiger partial charge < -0.3 is 14.5 Å². The number of nitrogens with one attached hydrogen (secondary N) is 1. The molecule has 7 aliphatic rings. The molecule has 8 nitrogen and oxygen atoms in total. The van der Waals surface area contributed by atoms with E-state index in [-0.39, 0.29) is 12.0 Å². The first-order valence-corrected chi connectivity index (χ1v) is 12.6. The number of ether oxygens (including phenoxy) is 1. The van der Waals surface area contributed by atoms with E-state index in [2.05, 4.69) is 15.4 Å². The van der Waals surface area contributed by atoms with Crippen molar-refractivity contribution in [1.29, 1.82) is 0 Å². The molecule has 2 aromatic rings. The van der Waals surface area contributed by atoms with Gasteiger partial charge in [0.2, 0.25) is 0 Å². The van der Waals surface area contributed by atoms with Gasteiger partial charge in [0.15, 0.2) is 0 Å². The van der Waals surface area contributed by atoms with Crippen LogP contribution in [0, 0.1) is 46.8 Å². The Balaban J connectivity index is 0.891. The lowest BCUT2D eigenvalue weighted by Crippen LogP contribution is -2.38. The van der Waals surface area contributed by atoms with Crippen molar-refractivity contribution in [2.45, 2.75) is 25.7 Å². The Kier molecular flexibility index (Phi) is 3.56. The van der Waals surface area contributed by atoms with E-state index in [1.807, 2.05) is 21.9 Å². The molecule has 1 aromatic heterocycles.